The lowest BCUT2D eigenvalue weighted by Crippen LogP contribution is -2.50. The molecule has 0 fully saturated rings. The average Bonchev–Trinajstić information content (AvgIpc) is 2.44. The molecule has 2 amide bonds. The molecule has 130 valence electrons. The van der Waals surface area contributed by atoms with E-state index in [1.807, 2.05) is 0 Å². The van der Waals surface area contributed by atoms with Gasteiger partial charge in [0.25, 0.3) is 0 Å². The first-order valence-electron chi connectivity index (χ1n) is 7.78. The van der Waals surface area contributed by atoms with Gasteiger partial charge in [-0.25, -0.2) is 9.59 Å². The Kier molecular flexibility index (Phi) is 7.06. The summed E-state index contributed by atoms with van der Waals surface area (Å²) in [7, 11) is 1.66. The molecule has 1 unspecified atom stereocenters. The molecule has 2 N–H and O–H groups in total. The van der Waals surface area contributed by atoms with Gasteiger partial charge in [0.15, 0.2) is 0 Å². The Morgan fingerprint density at radius 2 is 1.91 bits per heavy atom. The highest BCUT2D eigenvalue weighted by Gasteiger charge is 2.29. The number of carbonyl (C=O) groups is 2. The van der Waals surface area contributed by atoms with Crippen LogP contribution in [0.25, 0.3) is 0 Å². The van der Waals surface area contributed by atoms with Crippen LogP contribution < -0.4 is 5.32 Å². The fourth-order valence-corrected chi connectivity index (χ4v) is 3.87. The first-order chi connectivity index (χ1) is 10.6. The quantitative estimate of drug-likeness (QED) is 0.731. The normalized spacial score (nSPS) is 18.9. The molecule has 5 nitrogen and oxygen atoms in total. The maximum absolute atomic E-state index is 12.3. The molecule has 0 spiro atoms. The van der Waals surface area contributed by atoms with Crippen molar-refractivity contribution in [2.24, 2.45) is 11.8 Å². The van der Waals surface area contributed by atoms with Gasteiger partial charge in [0.2, 0.25) is 0 Å². The Morgan fingerprint density at radius 1 is 1.30 bits per heavy atom. The van der Waals surface area contributed by atoms with Crippen molar-refractivity contribution < 1.29 is 14.7 Å². The zero-order valence-electron chi connectivity index (χ0n) is 14.8. The van der Waals surface area contributed by atoms with Crippen molar-refractivity contribution in [2.75, 3.05) is 19.8 Å². The standard InChI is InChI=1S/C17H28N2O3S/c1-11(2)14-10-23(6)8-7-13(14)9-18-17(22)19(5)15(12(3)4)16(20)21/h7-8,10-12,15H,9H2,1-6H3,(H,18,22)(H,20,21)/t15-,23?/m0/s1. The first kappa shape index (κ1) is 19.5. The zero-order valence-corrected chi connectivity index (χ0v) is 15.6. The first-order valence-corrected chi connectivity index (χ1v) is 9.54. The van der Waals surface area contributed by atoms with E-state index in [0.29, 0.717) is 12.5 Å². The van der Waals surface area contributed by atoms with E-state index in [9.17, 15) is 14.7 Å². The number of hydrogen-bond donors (Lipinski definition) is 2. The average molecular weight is 340 g/mol. The Hall–Kier alpha value is -1.56. The van der Waals surface area contributed by atoms with E-state index in [4.69, 9.17) is 0 Å². The minimum Gasteiger partial charge on any atom is -0.480 e. The lowest BCUT2D eigenvalue weighted by Gasteiger charge is -2.28. The maximum atomic E-state index is 12.3. The fourth-order valence-electron chi connectivity index (χ4n) is 2.59. The number of amides is 2. The predicted molar refractivity (Wildman–Crippen MR) is 98.0 cm³/mol. The highest BCUT2D eigenvalue weighted by molar-refractivity contribution is 8.17. The maximum Gasteiger partial charge on any atom is 0.326 e. The van der Waals surface area contributed by atoms with Crippen LogP contribution in [-0.2, 0) is 4.79 Å². The lowest BCUT2D eigenvalue weighted by atomic mass is 9.98. The Labute approximate surface area is 141 Å². The summed E-state index contributed by atoms with van der Waals surface area (Å²) < 4.78 is 0. The van der Waals surface area contributed by atoms with Crippen molar-refractivity contribution in [1.29, 1.82) is 0 Å². The van der Waals surface area contributed by atoms with Gasteiger partial charge in [0, 0.05) is 13.6 Å². The highest BCUT2D eigenvalue weighted by Crippen LogP contribution is 2.24. The van der Waals surface area contributed by atoms with E-state index >= 15 is 0 Å². The molecule has 0 aromatic heterocycles. The van der Waals surface area contributed by atoms with Crippen molar-refractivity contribution in [1.82, 2.24) is 10.2 Å². The molecule has 2 atom stereocenters. The highest BCUT2D eigenvalue weighted by atomic mass is 32.2. The molecule has 0 bridgehead atoms. The van der Waals surface area contributed by atoms with Crippen LogP contribution in [0.4, 0.5) is 4.79 Å². The second kappa shape index (κ2) is 8.34. The number of carbonyl (C=O) groups excluding carboxylic acids is 1. The van der Waals surface area contributed by atoms with Crippen LogP contribution in [0.5, 0.6) is 0 Å². The fraction of sp³-hybridized carbons (Fsp3) is 0.588. The van der Waals surface area contributed by atoms with Gasteiger partial charge in [-0.2, -0.15) is 10.5 Å². The van der Waals surface area contributed by atoms with E-state index in [2.05, 4.69) is 42.3 Å². The SMILES string of the molecule is CC(C)C1=C(CNC(=O)N(C)[C@H](C(=O)O)C(C)C)C=CS(C)=C1. The van der Waals surface area contributed by atoms with Gasteiger partial charge in [-0.15, -0.1) is 0 Å². The molecule has 23 heavy (non-hydrogen) atoms. The topological polar surface area (TPSA) is 69.6 Å². The van der Waals surface area contributed by atoms with Gasteiger partial charge in [-0.3, -0.25) is 0 Å². The van der Waals surface area contributed by atoms with E-state index in [1.54, 1.807) is 13.8 Å². The smallest absolute Gasteiger partial charge is 0.326 e. The van der Waals surface area contributed by atoms with Crippen molar-refractivity contribution in [3.63, 3.8) is 0 Å². The number of allylic oxidation sites excluding steroid dienone is 1. The third-order valence-corrected chi connectivity index (χ3v) is 5.03. The molecule has 1 aliphatic rings. The number of carboxylic acids is 1. The van der Waals surface area contributed by atoms with Gasteiger partial charge in [0.1, 0.15) is 6.04 Å². The van der Waals surface area contributed by atoms with Crippen LogP contribution in [0.2, 0.25) is 0 Å². The van der Waals surface area contributed by atoms with E-state index < -0.39 is 12.0 Å². The summed E-state index contributed by atoms with van der Waals surface area (Å²) in [5.41, 5.74) is 2.34. The summed E-state index contributed by atoms with van der Waals surface area (Å²) in [6.07, 6.45) is 4.22. The van der Waals surface area contributed by atoms with Crippen molar-refractivity contribution in [2.45, 2.75) is 33.7 Å². The Bertz CT molecular complexity index is 562. The molecule has 0 radical (unpaired) electrons. The molecule has 0 aromatic rings. The summed E-state index contributed by atoms with van der Waals surface area (Å²) in [6.45, 7) is 8.27. The molecule has 6 heteroatoms. The van der Waals surface area contributed by atoms with E-state index in [-0.39, 0.29) is 22.4 Å². The van der Waals surface area contributed by atoms with Gasteiger partial charge in [-0.05, 0) is 40.0 Å². The summed E-state index contributed by atoms with van der Waals surface area (Å²) in [5.74, 6) is -0.749. The lowest BCUT2D eigenvalue weighted by molar-refractivity contribution is -0.143. The molecule has 1 heterocycles. The summed E-state index contributed by atoms with van der Waals surface area (Å²) in [6, 6.07) is -1.19. The van der Waals surface area contributed by atoms with Crippen LogP contribution in [0, 0.1) is 11.8 Å². The molecule has 1 rings (SSSR count). The summed E-state index contributed by atoms with van der Waals surface area (Å²) >= 11 is 0. The van der Waals surface area contributed by atoms with Gasteiger partial charge in [0.05, 0.1) is 0 Å². The molecule has 0 aromatic carbocycles. The number of likely N-dealkylation sites (N-methyl/N-ethyl adjacent to an activating group) is 1. The minimum atomic E-state index is -0.986. The van der Waals surface area contributed by atoms with E-state index in [0.717, 1.165) is 5.57 Å². The van der Waals surface area contributed by atoms with E-state index in [1.165, 1.54) is 17.5 Å². The van der Waals surface area contributed by atoms with Gasteiger partial charge in [-0.1, -0.05) is 33.8 Å². The van der Waals surface area contributed by atoms with Crippen LogP contribution in [0.15, 0.2) is 22.6 Å². The number of aliphatic carboxylic acids is 1. The monoisotopic (exact) mass is 340 g/mol. The third kappa shape index (κ3) is 5.23. The Balaban J connectivity index is 2.81. The molecule has 0 aliphatic carbocycles. The molecule has 0 saturated heterocycles. The minimum absolute atomic E-state index is 0.131. The number of nitrogens with one attached hydrogen (secondary N) is 1. The Morgan fingerprint density at radius 3 is 2.39 bits per heavy atom. The predicted octanol–water partition coefficient (Wildman–Crippen LogP) is 2.92. The summed E-state index contributed by atoms with van der Waals surface area (Å²) in [5, 5.41) is 16.5. The second-order valence-corrected chi connectivity index (χ2v) is 8.18. The largest absolute Gasteiger partial charge is 0.480 e. The zero-order chi connectivity index (χ0) is 17.7. The second-order valence-electron chi connectivity index (χ2n) is 6.46. The van der Waals surface area contributed by atoms with Gasteiger partial charge >= 0.3 is 12.0 Å². The summed E-state index contributed by atoms with van der Waals surface area (Å²) in [4.78, 5) is 24.9. The van der Waals surface area contributed by atoms with Crippen LogP contribution in [-0.4, -0.2) is 53.3 Å². The van der Waals surface area contributed by atoms with Crippen molar-refractivity contribution in [3.05, 3.63) is 22.6 Å². The number of rotatable bonds is 6. The van der Waals surface area contributed by atoms with Gasteiger partial charge < -0.3 is 15.3 Å². The molecule has 1 aliphatic heterocycles. The van der Waals surface area contributed by atoms with Crippen molar-refractivity contribution in [3.8, 4) is 0 Å². The van der Waals surface area contributed by atoms with Crippen LogP contribution in [0.1, 0.15) is 27.7 Å². The van der Waals surface area contributed by atoms with Crippen molar-refractivity contribution >= 4 is 27.9 Å². The number of carboxylic acid groups (broad SMARTS) is 1. The third-order valence-electron chi connectivity index (χ3n) is 3.84. The molecular formula is C17H28N2O3S. The molecular weight excluding hydrogens is 312 g/mol. The molecule has 0 saturated carbocycles. The number of urea groups is 1. The van der Waals surface area contributed by atoms with Crippen LogP contribution in [0.3, 0.4) is 0 Å². The van der Waals surface area contributed by atoms with Crippen LogP contribution >= 0.6 is 10.5 Å². The number of nitrogens with zero attached hydrogens (tertiary/aromatic N) is 1. The number of hydrogen-bond acceptors (Lipinski definition) is 2.